The second kappa shape index (κ2) is 13.3. The lowest BCUT2D eigenvalue weighted by Crippen LogP contribution is -2.59. The van der Waals surface area contributed by atoms with E-state index >= 15 is 4.39 Å². The Labute approximate surface area is 210 Å². The Morgan fingerprint density at radius 3 is 1.72 bits per heavy atom. The number of benzene rings is 3. The molecule has 1 unspecified atom stereocenters. The van der Waals surface area contributed by atoms with Crippen molar-refractivity contribution in [2.45, 2.75) is 57.5 Å². The number of alkyl halides is 1. The third-order valence-corrected chi connectivity index (χ3v) is 5.82. The van der Waals surface area contributed by atoms with Crippen LogP contribution >= 0.6 is 0 Å². The van der Waals surface area contributed by atoms with E-state index in [1.165, 1.54) is 6.92 Å². The number of halogens is 1. The van der Waals surface area contributed by atoms with Crippen molar-refractivity contribution in [1.29, 1.82) is 0 Å². The van der Waals surface area contributed by atoms with Crippen LogP contribution in [-0.2, 0) is 48.3 Å². The third-order valence-electron chi connectivity index (χ3n) is 5.82. The summed E-state index contributed by atoms with van der Waals surface area (Å²) >= 11 is 0. The van der Waals surface area contributed by atoms with E-state index in [-0.39, 0.29) is 19.8 Å². The van der Waals surface area contributed by atoms with Crippen molar-refractivity contribution in [3.8, 4) is 0 Å². The number of hydrogen-bond acceptors (Lipinski definition) is 6. The zero-order valence-corrected chi connectivity index (χ0v) is 20.2. The molecule has 0 aromatic heterocycles. The minimum atomic E-state index is -1.57. The second-order valence-corrected chi connectivity index (χ2v) is 8.62. The van der Waals surface area contributed by atoms with Gasteiger partial charge in [-0.05, 0) is 16.7 Å². The highest BCUT2D eigenvalue weighted by Gasteiger charge is 2.49. The topological polar surface area (TPSA) is 63.2 Å². The normalized spacial score (nSPS) is 23.8. The molecule has 1 heterocycles. The molecular weight excluding hydrogens is 463 g/mol. The smallest absolute Gasteiger partial charge is 0.305 e. The van der Waals surface area contributed by atoms with Crippen LogP contribution < -0.4 is 0 Å². The van der Waals surface area contributed by atoms with Crippen LogP contribution in [0.15, 0.2) is 91.0 Å². The van der Waals surface area contributed by atoms with E-state index in [1.807, 2.05) is 91.0 Å². The first-order valence-corrected chi connectivity index (χ1v) is 12.0. The minimum absolute atomic E-state index is 0.0373. The number of carbonyl (C=O) groups excluding carboxylic acids is 1. The molecule has 3 aromatic rings. The van der Waals surface area contributed by atoms with Crippen LogP contribution in [0.25, 0.3) is 0 Å². The monoisotopic (exact) mass is 494 g/mol. The molecule has 0 radical (unpaired) electrons. The van der Waals surface area contributed by atoms with Crippen LogP contribution in [0.1, 0.15) is 23.6 Å². The van der Waals surface area contributed by atoms with Crippen molar-refractivity contribution in [3.05, 3.63) is 108 Å². The van der Waals surface area contributed by atoms with Crippen molar-refractivity contribution in [2.24, 2.45) is 0 Å². The molecule has 6 nitrogen and oxygen atoms in total. The third kappa shape index (κ3) is 7.45. The fourth-order valence-corrected chi connectivity index (χ4v) is 4.02. The lowest BCUT2D eigenvalue weighted by molar-refractivity contribution is -0.303. The average molecular weight is 495 g/mol. The van der Waals surface area contributed by atoms with Crippen molar-refractivity contribution in [2.75, 3.05) is 6.61 Å². The fourth-order valence-electron chi connectivity index (χ4n) is 4.02. The zero-order chi connectivity index (χ0) is 25.2. The molecule has 36 heavy (non-hydrogen) atoms. The molecule has 5 atom stereocenters. The Morgan fingerprint density at radius 2 is 1.22 bits per heavy atom. The number of hydrogen-bond donors (Lipinski definition) is 0. The van der Waals surface area contributed by atoms with E-state index in [0.29, 0.717) is 6.61 Å². The lowest BCUT2D eigenvalue weighted by Gasteiger charge is -2.42. The fraction of sp³-hybridized carbons (Fsp3) is 0.345. The minimum Gasteiger partial charge on any atom is -0.433 e. The Balaban J connectivity index is 1.50. The Bertz CT molecular complexity index is 1050. The molecule has 1 saturated heterocycles. The van der Waals surface area contributed by atoms with Gasteiger partial charge in [-0.3, -0.25) is 4.79 Å². The molecular formula is C29H31FO6. The molecule has 0 spiro atoms. The molecule has 4 rings (SSSR count). The van der Waals surface area contributed by atoms with Crippen LogP contribution in [0.3, 0.4) is 0 Å². The summed E-state index contributed by atoms with van der Waals surface area (Å²) < 4.78 is 45.1. The lowest BCUT2D eigenvalue weighted by atomic mass is 9.99. The average Bonchev–Trinajstić information content (AvgIpc) is 2.90. The zero-order valence-electron chi connectivity index (χ0n) is 20.2. The Kier molecular flexibility index (Phi) is 9.58. The molecule has 0 bridgehead atoms. The first-order valence-electron chi connectivity index (χ1n) is 12.0. The summed E-state index contributed by atoms with van der Waals surface area (Å²) in [5, 5.41) is 0. The molecule has 0 saturated carbocycles. The van der Waals surface area contributed by atoms with Gasteiger partial charge in [0, 0.05) is 6.92 Å². The van der Waals surface area contributed by atoms with Crippen LogP contribution in [0, 0.1) is 0 Å². The van der Waals surface area contributed by atoms with Gasteiger partial charge in [0.15, 0.2) is 6.17 Å². The molecule has 7 heteroatoms. The van der Waals surface area contributed by atoms with Crippen LogP contribution in [0.4, 0.5) is 4.39 Å². The van der Waals surface area contributed by atoms with Crippen molar-refractivity contribution < 1.29 is 32.9 Å². The van der Waals surface area contributed by atoms with Gasteiger partial charge in [0.25, 0.3) is 0 Å². The largest absolute Gasteiger partial charge is 0.433 e. The second-order valence-electron chi connectivity index (χ2n) is 8.62. The molecule has 1 fully saturated rings. The van der Waals surface area contributed by atoms with Crippen molar-refractivity contribution in [3.63, 3.8) is 0 Å². The van der Waals surface area contributed by atoms with Crippen molar-refractivity contribution in [1.82, 2.24) is 0 Å². The molecule has 1 aliphatic rings. The van der Waals surface area contributed by atoms with Gasteiger partial charge in [0.2, 0.25) is 6.29 Å². The van der Waals surface area contributed by atoms with Gasteiger partial charge in [-0.1, -0.05) is 91.0 Å². The summed E-state index contributed by atoms with van der Waals surface area (Å²) in [6, 6.07) is 28.5. The summed E-state index contributed by atoms with van der Waals surface area (Å²) in [7, 11) is 0. The standard InChI is InChI=1S/C29H31FO6/c1-21(31)35-29-28(34-19-24-15-9-4-10-16-24)27(33-18-23-13-7-3-8-14-23)26(30)25(36-29)20-32-17-22-11-5-2-6-12-22/h2-16,25-29H,17-20H2,1H3/t25-,26+,27+,28-,29?/m1/s1. The summed E-state index contributed by atoms with van der Waals surface area (Å²) in [5.74, 6) is -0.559. The SMILES string of the molecule is CC(=O)OC1O[C@H](COCc2ccccc2)[C@H](F)[C@H](OCc2ccccc2)[C@H]1OCc1ccccc1. The predicted octanol–water partition coefficient (Wildman–Crippen LogP) is 5.00. The van der Waals surface area contributed by atoms with Crippen LogP contribution in [0.5, 0.6) is 0 Å². The van der Waals surface area contributed by atoms with E-state index in [1.54, 1.807) is 0 Å². The maximum Gasteiger partial charge on any atom is 0.305 e. The number of rotatable bonds is 11. The highest BCUT2D eigenvalue weighted by atomic mass is 19.1. The molecule has 0 amide bonds. The highest BCUT2D eigenvalue weighted by molar-refractivity contribution is 5.66. The summed E-state index contributed by atoms with van der Waals surface area (Å²) in [6.07, 6.45) is -5.74. The highest BCUT2D eigenvalue weighted by Crippen LogP contribution is 2.31. The van der Waals surface area contributed by atoms with Gasteiger partial charge in [0.1, 0.15) is 18.3 Å². The Morgan fingerprint density at radius 1 is 0.750 bits per heavy atom. The summed E-state index contributed by atoms with van der Waals surface area (Å²) in [6.45, 7) is 1.89. The Hall–Kier alpha value is -3.10. The van der Waals surface area contributed by atoms with Gasteiger partial charge >= 0.3 is 5.97 Å². The number of carbonyl (C=O) groups is 1. The molecule has 0 N–H and O–H groups in total. The first kappa shape index (κ1) is 26.0. The van der Waals surface area contributed by atoms with Gasteiger partial charge in [0.05, 0.1) is 26.4 Å². The quantitative estimate of drug-likeness (QED) is 0.350. The predicted molar refractivity (Wildman–Crippen MR) is 131 cm³/mol. The molecule has 190 valence electrons. The maximum atomic E-state index is 15.9. The molecule has 1 aliphatic heterocycles. The maximum absolute atomic E-state index is 15.9. The summed E-state index contributed by atoms with van der Waals surface area (Å²) in [5.41, 5.74) is 2.74. The van der Waals surface area contributed by atoms with Gasteiger partial charge in [-0.25, -0.2) is 4.39 Å². The van der Waals surface area contributed by atoms with E-state index in [9.17, 15) is 4.79 Å². The van der Waals surface area contributed by atoms with Crippen molar-refractivity contribution >= 4 is 5.97 Å². The van der Waals surface area contributed by atoms with Gasteiger partial charge in [-0.2, -0.15) is 0 Å². The first-order chi connectivity index (χ1) is 17.6. The van der Waals surface area contributed by atoms with E-state index in [4.69, 9.17) is 23.7 Å². The van der Waals surface area contributed by atoms with Gasteiger partial charge in [-0.15, -0.1) is 0 Å². The van der Waals surface area contributed by atoms with E-state index < -0.39 is 36.7 Å². The number of ether oxygens (including phenoxy) is 5. The van der Waals surface area contributed by atoms with E-state index in [0.717, 1.165) is 16.7 Å². The van der Waals surface area contributed by atoms with Crippen LogP contribution in [-0.4, -0.2) is 43.3 Å². The molecule has 0 aliphatic carbocycles. The van der Waals surface area contributed by atoms with Crippen LogP contribution in [0.2, 0.25) is 0 Å². The number of esters is 1. The molecule has 3 aromatic carbocycles. The summed E-state index contributed by atoms with van der Waals surface area (Å²) in [4.78, 5) is 11.9. The van der Waals surface area contributed by atoms with E-state index in [2.05, 4.69) is 0 Å². The van der Waals surface area contributed by atoms with Gasteiger partial charge < -0.3 is 23.7 Å².